The molecule has 0 aliphatic rings. The van der Waals surface area contributed by atoms with E-state index in [-0.39, 0.29) is 5.91 Å². The first-order valence-electron chi connectivity index (χ1n) is 4.44. The van der Waals surface area contributed by atoms with E-state index >= 15 is 0 Å². The van der Waals surface area contributed by atoms with Gasteiger partial charge in [-0.3, -0.25) is 4.79 Å². The lowest BCUT2D eigenvalue weighted by atomic mass is 10.2. The zero-order chi connectivity index (χ0) is 10.6. The molecule has 1 aromatic heterocycles. The molecule has 0 saturated carbocycles. The van der Waals surface area contributed by atoms with E-state index < -0.39 is 0 Å². The SMILES string of the molecule is CC(C)c1csc(NC(=O)CCBr)n1. The third-order valence-electron chi connectivity index (χ3n) is 1.68. The molecule has 0 aliphatic carbocycles. The van der Waals surface area contributed by atoms with Crippen LogP contribution in [0.15, 0.2) is 5.38 Å². The molecule has 0 atom stereocenters. The van der Waals surface area contributed by atoms with Crippen molar-refractivity contribution in [3.8, 4) is 0 Å². The third kappa shape index (κ3) is 3.38. The van der Waals surface area contributed by atoms with E-state index in [1.165, 1.54) is 11.3 Å². The fourth-order valence-electron chi connectivity index (χ4n) is 0.876. The molecule has 0 bridgehead atoms. The molecule has 14 heavy (non-hydrogen) atoms. The van der Waals surface area contributed by atoms with Gasteiger partial charge in [0.1, 0.15) is 0 Å². The molecule has 0 aromatic carbocycles. The van der Waals surface area contributed by atoms with Crippen LogP contribution in [-0.4, -0.2) is 16.2 Å². The number of halogens is 1. The van der Waals surface area contributed by atoms with Crippen LogP contribution in [0.5, 0.6) is 0 Å². The van der Waals surface area contributed by atoms with Gasteiger partial charge in [-0.2, -0.15) is 0 Å². The van der Waals surface area contributed by atoms with Crippen LogP contribution in [-0.2, 0) is 4.79 Å². The summed E-state index contributed by atoms with van der Waals surface area (Å²) in [6.45, 7) is 4.16. The second-order valence-electron chi connectivity index (χ2n) is 3.22. The van der Waals surface area contributed by atoms with Crippen molar-refractivity contribution >= 4 is 38.3 Å². The Balaban J connectivity index is 2.55. The Labute approximate surface area is 96.1 Å². The first-order chi connectivity index (χ1) is 6.63. The summed E-state index contributed by atoms with van der Waals surface area (Å²) in [7, 11) is 0. The van der Waals surface area contributed by atoms with Crippen LogP contribution in [0, 0.1) is 0 Å². The van der Waals surface area contributed by atoms with Crippen molar-refractivity contribution in [3.63, 3.8) is 0 Å². The normalized spacial score (nSPS) is 10.6. The smallest absolute Gasteiger partial charge is 0.226 e. The molecule has 1 aromatic rings. The predicted octanol–water partition coefficient (Wildman–Crippen LogP) is 2.99. The second kappa shape index (κ2) is 5.46. The number of carbonyl (C=O) groups excluding carboxylic acids is 1. The average Bonchev–Trinajstić information content (AvgIpc) is 2.53. The van der Waals surface area contributed by atoms with E-state index in [9.17, 15) is 4.79 Å². The molecule has 3 nitrogen and oxygen atoms in total. The van der Waals surface area contributed by atoms with Gasteiger partial charge in [0.2, 0.25) is 5.91 Å². The van der Waals surface area contributed by atoms with Crippen LogP contribution in [0.3, 0.4) is 0 Å². The monoisotopic (exact) mass is 276 g/mol. The lowest BCUT2D eigenvalue weighted by Crippen LogP contribution is -2.11. The molecule has 0 spiro atoms. The summed E-state index contributed by atoms with van der Waals surface area (Å²) in [5.41, 5.74) is 1.03. The van der Waals surface area contributed by atoms with Crippen molar-refractivity contribution in [1.82, 2.24) is 4.98 Å². The highest BCUT2D eigenvalue weighted by atomic mass is 79.9. The van der Waals surface area contributed by atoms with Crippen molar-refractivity contribution in [2.75, 3.05) is 10.6 Å². The quantitative estimate of drug-likeness (QED) is 0.860. The lowest BCUT2D eigenvalue weighted by molar-refractivity contribution is -0.115. The van der Waals surface area contributed by atoms with Crippen molar-refractivity contribution in [1.29, 1.82) is 0 Å². The number of nitrogens with zero attached hydrogens (tertiary/aromatic N) is 1. The van der Waals surface area contributed by atoms with Gasteiger partial charge in [-0.05, 0) is 5.92 Å². The molecule has 1 heterocycles. The van der Waals surface area contributed by atoms with Crippen LogP contribution >= 0.6 is 27.3 Å². The summed E-state index contributed by atoms with van der Waals surface area (Å²) < 4.78 is 0. The fourth-order valence-corrected chi connectivity index (χ4v) is 2.12. The molecule has 78 valence electrons. The summed E-state index contributed by atoms with van der Waals surface area (Å²) in [4.78, 5) is 15.5. The number of hydrogen-bond donors (Lipinski definition) is 1. The number of anilines is 1. The number of hydrogen-bond acceptors (Lipinski definition) is 3. The summed E-state index contributed by atoms with van der Waals surface area (Å²) in [5.74, 6) is 0.416. The predicted molar refractivity (Wildman–Crippen MR) is 63.2 cm³/mol. The molecule has 1 amide bonds. The highest BCUT2D eigenvalue weighted by Gasteiger charge is 2.07. The highest BCUT2D eigenvalue weighted by Crippen LogP contribution is 2.21. The number of amides is 1. The topological polar surface area (TPSA) is 42.0 Å². The molecule has 0 aliphatic heterocycles. The number of nitrogens with one attached hydrogen (secondary N) is 1. The summed E-state index contributed by atoms with van der Waals surface area (Å²) in [6.07, 6.45) is 0.483. The molecule has 0 unspecified atom stereocenters. The molecule has 0 fully saturated rings. The molecule has 1 N–H and O–H groups in total. The Morgan fingerprint density at radius 2 is 2.43 bits per heavy atom. The highest BCUT2D eigenvalue weighted by molar-refractivity contribution is 9.09. The van der Waals surface area contributed by atoms with E-state index in [1.807, 2.05) is 5.38 Å². The summed E-state index contributed by atoms with van der Waals surface area (Å²) >= 11 is 4.69. The van der Waals surface area contributed by atoms with E-state index in [1.54, 1.807) is 0 Å². The van der Waals surface area contributed by atoms with Gasteiger partial charge in [-0.25, -0.2) is 4.98 Å². The van der Waals surface area contributed by atoms with E-state index in [0.29, 0.717) is 22.8 Å². The maximum Gasteiger partial charge on any atom is 0.226 e. The zero-order valence-corrected chi connectivity index (χ0v) is 10.6. The van der Waals surface area contributed by atoms with Gasteiger partial charge in [0, 0.05) is 17.1 Å². The summed E-state index contributed by atoms with van der Waals surface area (Å²) in [6, 6.07) is 0. The van der Waals surface area contributed by atoms with Gasteiger partial charge < -0.3 is 5.32 Å². The van der Waals surface area contributed by atoms with E-state index in [4.69, 9.17) is 0 Å². The number of alkyl halides is 1. The van der Waals surface area contributed by atoms with Gasteiger partial charge in [-0.1, -0.05) is 29.8 Å². The van der Waals surface area contributed by atoms with Crippen LogP contribution in [0.4, 0.5) is 5.13 Å². The number of carbonyl (C=O) groups is 1. The first kappa shape index (κ1) is 11.7. The minimum absolute atomic E-state index is 0.00605. The van der Waals surface area contributed by atoms with Gasteiger partial charge >= 0.3 is 0 Å². The van der Waals surface area contributed by atoms with Crippen LogP contribution in [0.1, 0.15) is 31.9 Å². The molecule has 5 heteroatoms. The van der Waals surface area contributed by atoms with Crippen LogP contribution in [0.25, 0.3) is 0 Å². The first-order valence-corrected chi connectivity index (χ1v) is 6.45. The van der Waals surface area contributed by atoms with Crippen LogP contribution < -0.4 is 5.32 Å². The van der Waals surface area contributed by atoms with Gasteiger partial charge in [0.05, 0.1) is 5.69 Å². The molecular weight excluding hydrogens is 264 g/mol. The minimum Gasteiger partial charge on any atom is -0.302 e. The average molecular weight is 277 g/mol. The Hall–Kier alpha value is -0.420. The van der Waals surface area contributed by atoms with Crippen molar-refractivity contribution in [2.45, 2.75) is 26.2 Å². The lowest BCUT2D eigenvalue weighted by Gasteiger charge is -1.99. The van der Waals surface area contributed by atoms with E-state index in [2.05, 4.69) is 40.1 Å². The van der Waals surface area contributed by atoms with Crippen molar-refractivity contribution in [2.24, 2.45) is 0 Å². The molecule has 0 saturated heterocycles. The Bertz CT molecular complexity index is 312. The maximum absolute atomic E-state index is 11.2. The largest absolute Gasteiger partial charge is 0.302 e. The zero-order valence-electron chi connectivity index (χ0n) is 8.21. The maximum atomic E-state index is 11.2. The number of thiazole rings is 1. The standard InChI is InChI=1S/C9H13BrN2OS/c1-6(2)7-5-14-9(11-7)12-8(13)3-4-10/h5-6H,3-4H2,1-2H3,(H,11,12,13). The van der Waals surface area contributed by atoms with Gasteiger partial charge in [0.25, 0.3) is 0 Å². The van der Waals surface area contributed by atoms with Crippen molar-refractivity contribution < 1.29 is 4.79 Å². The Morgan fingerprint density at radius 3 is 2.93 bits per heavy atom. The molecule has 0 radical (unpaired) electrons. The minimum atomic E-state index is 0.00605. The second-order valence-corrected chi connectivity index (χ2v) is 4.87. The number of aromatic nitrogens is 1. The van der Waals surface area contributed by atoms with Crippen molar-refractivity contribution in [3.05, 3.63) is 11.1 Å². The molecule has 1 rings (SSSR count). The summed E-state index contributed by atoms with van der Waals surface area (Å²) in [5, 5.41) is 6.11. The third-order valence-corrected chi connectivity index (χ3v) is 2.85. The molecular formula is C9H13BrN2OS. The van der Waals surface area contributed by atoms with Crippen LogP contribution in [0.2, 0.25) is 0 Å². The fraction of sp³-hybridized carbons (Fsp3) is 0.556. The van der Waals surface area contributed by atoms with E-state index in [0.717, 1.165) is 5.69 Å². The number of rotatable bonds is 4. The van der Waals surface area contributed by atoms with Gasteiger partial charge in [0.15, 0.2) is 5.13 Å². The Morgan fingerprint density at radius 1 is 1.71 bits per heavy atom. The van der Waals surface area contributed by atoms with Gasteiger partial charge in [-0.15, -0.1) is 11.3 Å². The Kier molecular flexibility index (Phi) is 4.54.